The second-order valence-corrected chi connectivity index (χ2v) is 2.81. The van der Waals surface area contributed by atoms with E-state index in [-0.39, 0.29) is 0 Å². The van der Waals surface area contributed by atoms with E-state index in [1.165, 1.54) is 5.70 Å². The van der Waals surface area contributed by atoms with E-state index >= 15 is 0 Å². The molecule has 0 aromatic heterocycles. The Morgan fingerprint density at radius 2 is 2.46 bits per heavy atom. The minimum atomic E-state index is 0.883. The van der Waals surface area contributed by atoms with Crippen LogP contribution in [0, 0.1) is 0 Å². The van der Waals surface area contributed by atoms with Crippen molar-refractivity contribution in [2.24, 2.45) is 5.10 Å². The third-order valence-corrected chi connectivity index (χ3v) is 1.88. The first-order valence-electron chi connectivity index (χ1n) is 4.67. The van der Waals surface area contributed by atoms with Crippen molar-refractivity contribution in [3.8, 4) is 0 Å². The van der Waals surface area contributed by atoms with Gasteiger partial charge in [0.15, 0.2) is 0 Å². The van der Waals surface area contributed by atoms with Crippen LogP contribution in [-0.4, -0.2) is 17.8 Å². The van der Waals surface area contributed by atoms with Crippen LogP contribution in [0.15, 0.2) is 41.2 Å². The molecule has 0 saturated carbocycles. The highest BCUT2D eigenvalue weighted by atomic mass is 15.5. The quantitative estimate of drug-likeness (QED) is 0.604. The van der Waals surface area contributed by atoms with Crippen LogP contribution in [0.5, 0.6) is 0 Å². The van der Waals surface area contributed by atoms with Crippen LogP contribution in [0.3, 0.4) is 0 Å². The zero-order chi connectivity index (χ0) is 9.52. The lowest BCUT2D eigenvalue weighted by Crippen LogP contribution is -2.18. The van der Waals surface area contributed by atoms with Gasteiger partial charge in [0, 0.05) is 11.9 Å². The standard InChI is InChI=1S/C11H16N2/c1-3-5-8-11(4-2)13-10-7-6-9-12-13/h3,5-9H,4,10H2,1-2H3. The lowest BCUT2D eigenvalue weighted by Gasteiger charge is -2.21. The predicted octanol–water partition coefficient (Wildman–Crippen LogP) is 2.71. The Balaban J connectivity index is 2.66. The zero-order valence-corrected chi connectivity index (χ0v) is 8.27. The highest BCUT2D eigenvalue weighted by Crippen LogP contribution is 2.11. The third-order valence-electron chi connectivity index (χ3n) is 1.88. The molecule has 0 N–H and O–H groups in total. The molecule has 2 nitrogen and oxygen atoms in total. The predicted molar refractivity (Wildman–Crippen MR) is 57.5 cm³/mol. The molecular formula is C11H16N2. The van der Waals surface area contributed by atoms with Gasteiger partial charge in [-0.2, -0.15) is 5.10 Å². The van der Waals surface area contributed by atoms with Crippen molar-refractivity contribution in [1.29, 1.82) is 0 Å². The summed E-state index contributed by atoms with van der Waals surface area (Å²) in [4.78, 5) is 0. The molecule has 1 heterocycles. The molecule has 0 radical (unpaired) electrons. The summed E-state index contributed by atoms with van der Waals surface area (Å²) < 4.78 is 0. The molecule has 0 amide bonds. The Kier molecular flexibility index (Phi) is 4.03. The van der Waals surface area contributed by atoms with Gasteiger partial charge < -0.3 is 0 Å². The molecule has 0 fully saturated rings. The first kappa shape index (κ1) is 9.78. The Morgan fingerprint density at radius 3 is 3.00 bits per heavy atom. The summed E-state index contributed by atoms with van der Waals surface area (Å²) in [5.74, 6) is 0. The first-order valence-corrected chi connectivity index (χ1v) is 4.67. The molecule has 0 bridgehead atoms. The lowest BCUT2D eigenvalue weighted by atomic mass is 10.3. The molecule has 1 rings (SSSR count). The molecule has 0 spiro atoms. The molecule has 2 heteroatoms. The fourth-order valence-electron chi connectivity index (χ4n) is 1.17. The fourth-order valence-corrected chi connectivity index (χ4v) is 1.17. The smallest absolute Gasteiger partial charge is 0.0596 e. The highest BCUT2D eigenvalue weighted by Gasteiger charge is 2.04. The lowest BCUT2D eigenvalue weighted by molar-refractivity contribution is 0.391. The van der Waals surface area contributed by atoms with Crippen LogP contribution in [0.1, 0.15) is 20.3 Å². The number of hydrogen-bond acceptors (Lipinski definition) is 2. The molecule has 70 valence electrons. The van der Waals surface area contributed by atoms with Crippen LogP contribution in [-0.2, 0) is 0 Å². The van der Waals surface area contributed by atoms with Gasteiger partial charge in [0.25, 0.3) is 0 Å². The molecule has 1 aliphatic heterocycles. The molecule has 0 unspecified atom stereocenters. The third kappa shape index (κ3) is 2.90. The van der Waals surface area contributed by atoms with Gasteiger partial charge >= 0.3 is 0 Å². The monoisotopic (exact) mass is 176 g/mol. The van der Waals surface area contributed by atoms with E-state index in [2.05, 4.69) is 24.2 Å². The molecule has 0 saturated heterocycles. The van der Waals surface area contributed by atoms with Crippen molar-refractivity contribution in [2.45, 2.75) is 20.3 Å². The Hall–Kier alpha value is -1.31. The van der Waals surface area contributed by atoms with Crippen molar-refractivity contribution >= 4 is 6.21 Å². The number of hydrogen-bond donors (Lipinski definition) is 0. The van der Waals surface area contributed by atoms with Gasteiger partial charge in [-0.3, -0.25) is 5.01 Å². The Morgan fingerprint density at radius 1 is 1.62 bits per heavy atom. The van der Waals surface area contributed by atoms with Crippen LogP contribution in [0.2, 0.25) is 0 Å². The normalized spacial score (nSPS) is 17.4. The molecule has 13 heavy (non-hydrogen) atoms. The average molecular weight is 176 g/mol. The second-order valence-electron chi connectivity index (χ2n) is 2.81. The maximum absolute atomic E-state index is 4.27. The van der Waals surface area contributed by atoms with Gasteiger partial charge in [-0.05, 0) is 25.5 Å². The van der Waals surface area contributed by atoms with Crippen LogP contribution in [0.25, 0.3) is 0 Å². The van der Waals surface area contributed by atoms with E-state index < -0.39 is 0 Å². The van der Waals surface area contributed by atoms with Crippen molar-refractivity contribution in [2.75, 3.05) is 6.54 Å². The summed E-state index contributed by atoms with van der Waals surface area (Å²) in [6, 6.07) is 0. The van der Waals surface area contributed by atoms with Gasteiger partial charge in [-0.25, -0.2) is 0 Å². The maximum Gasteiger partial charge on any atom is 0.0596 e. The van der Waals surface area contributed by atoms with Crippen molar-refractivity contribution in [3.05, 3.63) is 36.1 Å². The van der Waals surface area contributed by atoms with Gasteiger partial charge in [0.1, 0.15) is 0 Å². The molecule has 0 atom stereocenters. The summed E-state index contributed by atoms with van der Waals surface area (Å²) in [5, 5.41) is 6.29. The van der Waals surface area contributed by atoms with Crippen LogP contribution in [0.4, 0.5) is 0 Å². The van der Waals surface area contributed by atoms with Crippen molar-refractivity contribution in [1.82, 2.24) is 5.01 Å². The highest BCUT2D eigenvalue weighted by molar-refractivity contribution is 5.71. The summed E-state index contributed by atoms with van der Waals surface area (Å²) >= 11 is 0. The van der Waals surface area contributed by atoms with E-state index in [4.69, 9.17) is 0 Å². The summed E-state index contributed by atoms with van der Waals surface area (Å²) in [6.07, 6.45) is 13.1. The number of nitrogens with zero attached hydrogens (tertiary/aromatic N) is 2. The van der Waals surface area contributed by atoms with Gasteiger partial charge in [0.2, 0.25) is 0 Å². The van der Waals surface area contributed by atoms with Gasteiger partial charge in [0.05, 0.1) is 6.54 Å². The van der Waals surface area contributed by atoms with Crippen molar-refractivity contribution in [3.63, 3.8) is 0 Å². The number of allylic oxidation sites excluding steroid dienone is 5. The van der Waals surface area contributed by atoms with E-state index in [9.17, 15) is 0 Å². The van der Waals surface area contributed by atoms with E-state index in [0.717, 1.165) is 13.0 Å². The number of hydrazone groups is 1. The van der Waals surface area contributed by atoms with Crippen molar-refractivity contribution < 1.29 is 0 Å². The minimum absolute atomic E-state index is 0.883. The molecule has 0 aromatic rings. The van der Waals surface area contributed by atoms with Crippen LogP contribution >= 0.6 is 0 Å². The van der Waals surface area contributed by atoms with Gasteiger partial charge in [-0.1, -0.05) is 25.2 Å². The topological polar surface area (TPSA) is 15.6 Å². The average Bonchev–Trinajstić information content (AvgIpc) is 2.21. The molecule has 1 aliphatic rings. The largest absolute Gasteiger partial charge is 0.266 e. The Labute approximate surface area is 79.9 Å². The molecule has 0 aromatic carbocycles. The first-order chi connectivity index (χ1) is 6.38. The maximum atomic E-state index is 4.27. The van der Waals surface area contributed by atoms with Crippen LogP contribution < -0.4 is 0 Å². The zero-order valence-electron chi connectivity index (χ0n) is 8.27. The summed E-state index contributed by atoms with van der Waals surface area (Å²) in [7, 11) is 0. The van der Waals surface area contributed by atoms with E-state index in [0.29, 0.717) is 0 Å². The van der Waals surface area contributed by atoms with E-state index in [1.54, 1.807) is 0 Å². The fraction of sp³-hybridized carbons (Fsp3) is 0.364. The Bertz CT molecular complexity index is 259. The minimum Gasteiger partial charge on any atom is -0.266 e. The molecular weight excluding hydrogens is 160 g/mol. The second kappa shape index (κ2) is 5.36. The SMILES string of the molecule is CC=CC=C(CC)N1CC=CC=N1. The van der Waals surface area contributed by atoms with E-state index in [1.807, 2.05) is 36.4 Å². The summed E-state index contributed by atoms with van der Waals surface area (Å²) in [6.45, 7) is 5.04. The number of rotatable bonds is 3. The molecule has 0 aliphatic carbocycles. The summed E-state index contributed by atoms with van der Waals surface area (Å²) in [5.41, 5.74) is 1.25. The van der Waals surface area contributed by atoms with Gasteiger partial charge in [-0.15, -0.1) is 0 Å².